The van der Waals surface area contributed by atoms with E-state index < -0.39 is 0 Å². The number of aromatic nitrogens is 1. The number of hydrogen-bond donors (Lipinski definition) is 3. The minimum Gasteiger partial charge on any atom is -0.383 e. The van der Waals surface area contributed by atoms with Gasteiger partial charge in [0.2, 0.25) is 5.91 Å². The van der Waals surface area contributed by atoms with E-state index in [4.69, 9.17) is 10.5 Å². The van der Waals surface area contributed by atoms with Crippen LogP contribution in [-0.2, 0) is 22.5 Å². The number of rotatable bonds is 10. The Hall–Kier alpha value is -3.62. The molecule has 37 heavy (non-hydrogen) atoms. The number of nitrogens with two attached hydrogens (primary N) is 1. The van der Waals surface area contributed by atoms with Crippen molar-refractivity contribution in [1.82, 2.24) is 9.88 Å². The van der Waals surface area contributed by atoms with Crippen LogP contribution < -0.4 is 21.3 Å². The van der Waals surface area contributed by atoms with Crippen LogP contribution in [0.5, 0.6) is 0 Å². The summed E-state index contributed by atoms with van der Waals surface area (Å²) in [5.41, 5.74) is 10.7. The second-order valence-corrected chi connectivity index (χ2v) is 9.77. The molecule has 2 aliphatic heterocycles. The summed E-state index contributed by atoms with van der Waals surface area (Å²) in [6.07, 6.45) is 4.24. The molecule has 1 atom stereocenters. The molecule has 0 bridgehead atoms. The number of primary amides is 1. The van der Waals surface area contributed by atoms with Gasteiger partial charge in [0.15, 0.2) is 0 Å². The Balaban J connectivity index is 1.25. The van der Waals surface area contributed by atoms with Crippen molar-refractivity contribution >= 4 is 28.8 Å². The zero-order valence-electron chi connectivity index (χ0n) is 21.2. The maximum absolute atomic E-state index is 11.7. The van der Waals surface area contributed by atoms with Crippen LogP contribution in [0.3, 0.4) is 0 Å². The molecule has 8 nitrogen and oxygen atoms in total. The maximum Gasteiger partial charge on any atom is 0.221 e. The van der Waals surface area contributed by atoms with Crippen molar-refractivity contribution in [2.24, 2.45) is 5.73 Å². The SMILES string of the molecule is NC(=O)Cc1cnc(Nc2ccc(N3CCOCC3)cc2)cc1NCC1CCCN1Cc1ccccc1. The number of hydrogen-bond acceptors (Lipinski definition) is 7. The first-order chi connectivity index (χ1) is 18.1. The standard InChI is InChI=1S/C29H36N6O2/c30-28(36)17-23-19-32-29(33-24-8-10-25(11-9-24)34-13-15-37-16-14-34)18-27(23)31-20-26-7-4-12-35(26)21-22-5-2-1-3-6-22/h1-3,5-6,8-11,18-19,26H,4,7,12-17,20-21H2,(H2,30,36)(H2,31,32,33). The predicted molar refractivity (Wildman–Crippen MR) is 148 cm³/mol. The van der Waals surface area contributed by atoms with Crippen LogP contribution in [0.15, 0.2) is 66.9 Å². The molecule has 0 saturated carbocycles. The van der Waals surface area contributed by atoms with Gasteiger partial charge in [0.25, 0.3) is 0 Å². The van der Waals surface area contributed by atoms with Gasteiger partial charge in [-0.15, -0.1) is 0 Å². The Morgan fingerprint density at radius 1 is 1.05 bits per heavy atom. The molecule has 194 valence electrons. The Morgan fingerprint density at radius 3 is 2.59 bits per heavy atom. The zero-order valence-corrected chi connectivity index (χ0v) is 21.2. The Morgan fingerprint density at radius 2 is 1.84 bits per heavy atom. The molecule has 1 unspecified atom stereocenters. The van der Waals surface area contributed by atoms with E-state index in [1.807, 2.05) is 6.07 Å². The van der Waals surface area contributed by atoms with E-state index in [0.29, 0.717) is 6.04 Å². The monoisotopic (exact) mass is 500 g/mol. The highest BCUT2D eigenvalue weighted by molar-refractivity contribution is 5.79. The number of morpholine rings is 1. The molecule has 3 aromatic rings. The minimum absolute atomic E-state index is 0.155. The van der Waals surface area contributed by atoms with Gasteiger partial charge >= 0.3 is 0 Å². The topological polar surface area (TPSA) is 95.8 Å². The number of nitrogens with one attached hydrogen (secondary N) is 2. The van der Waals surface area contributed by atoms with Gasteiger partial charge in [0, 0.05) is 67.1 Å². The number of anilines is 4. The number of carbonyl (C=O) groups excluding carboxylic acids is 1. The first kappa shape index (κ1) is 25.0. The summed E-state index contributed by atoms with van der Waals surface area (Å²) in [5, 5.41) is 7.01. The van der Waals surface area contributed by atoms with Gasteiger partial charge in [-0.2, -0.15) is 0 Å². The molecular formula is C29H36N6O2. The fraction of sp³-hybridized carbons (Fsp3) is 0.379. The molecule has 0 aliphatic carbocycles. The van der Waals surface area contributed by atoms with Crippen LogP contribution in [0.25, 0.3) is 0 Å². The van der Waals surface area contributed by atoms with Crippen molar-refractivity contribution in [2.75, 3.05) is 54.9 Å². The molecule has 5 rings (SSSR count). The second-order valence-electron chi connectivity index (χ2n) is 9.77. The summed E-state index contributed by atoms with van der Waals surface area (Å²) in [6, 6.07) is 21.4. The molecule has 4 N–H and O–H groups in total. The molecular weight excluding hydrogens is 464 g/mol. The van der Waals surface area contributed by atoms with Crippen LogP contribution >= 0.6 is 0 Å². The fourth-order valence-electron chi connectivity index (χ4n) is 5.15. The van der Waals surface area contributed by atoms with Gasteiger partial charge in [-0.3, -0.25) is 9.69 Å². The van der Waals surface area contributed by atoms with Gasteiger partial charge in [-0.25, -0.2) is 4.98 Å². The van der Waals surface area contributed by atoms with Crippen LogP contribution in [0, 0.1) is 0 Å². The van der Waals surface area contributed by atoms with Gasteiger partial charge in [-0.05, 0) is 49.2 Å². The van der Waals surface area contributed by atoms with E-state index in [0.717, 1.165) is 75.1 Å². The molecule has 1 aromatic heterocycles. The first-order valence-corrected chi connectivity index (χ1v) is 13.1. The molecule has 8 heteroatoms. The van der Waals surface area contributed by atoms with Crippen LogP contribution in [0.1, 0.15) is 24.0 Å². The molecule has 0 radical (unpaired) electrons. The van der Waals surface area contributed by atoms with Crippen LogP contribution in [-0.4, -0.2) is 61.2 Å². The van der Waals surface area contributed by atoms with Crippen molar-refractivity contribution in [1.29, 1.82) is 0 Å². The lowest BCUT2D eigenvalue weighted by atomic mass is 10.1. The highest BCUT2D eigenvalue weighted by Crippen LogP contribution is 2.26. The fourth-order valence-corrected chi connectivity index (χ4v) is 5.15. The van der Waals surface area contributed by atoms with Crippen molar-refractivity contribution in [3.8, 4) is 0 Å². The lowest BCUT2D eigenvalue weighted by Crippen LogP contribution is -2.36. The largest absolute Gasteiger partial charge is 0.383 e. The first-order valence-electron chi connectivity index (χ1n) is 13.1. The molecule has 3 heterocycles. The summed E-state index contributed by atoms with van der Waals surface area (Å²) in [5.74, 6) is 0.359. The van der Waals surface area contributed by atoms with Gasteiger partial charge < -0.3 is 26.0 Å². The summed E-state index contributed by atoms with van der Waals surface area (Å²) in [6.45, 7) is 6.20. The third-order valence-electron chi connectivity index (χ3n) is 7.12. The summed E-state index contributed by atoms with van der Waals surface area (Å²) >= 11 is 0. The number of carbonyl (C=O) groups is 1. The summed E-state index contributed by atoms with van der Waals surface area (Å²) in [4.78, 5) is 21.1. The third-order valence-corrected chi connectivity index (χ3v) is 7.12. The molecule has 2 fully saturated rings. The number of likely N-dealkylation sites (tertiary alicyclic amines) is 1. The lowest BCUT2D eigenvalue weighted by Gasteiger charge is -2.29. The minimum atomic E-state index is -0.365. The lowest BCUT2D eigenvalue weighted by molar-refractivity contribution is -0.117. The van der Waals surface area contributed by atoms with E-state index in [2.05, 4.69) is 80.0 Å². The van der Waals surface area contributed by atoms with Crippen molar-refractivity contribution in [3.63, 3.8) is 0 Å². The van der Waals surface area contributed by atoms with Crippen LogP contribution in [0.2, 0.25) is 0 Å². The van der Waals surface area contributed by atoms with E-state index in [1.165, 1.54) is 17.7 Å². The second kappa shape index (κ2) is 12.1. The number of nitrogens with zero attached hydrogens (tertiary/aromatic N) is 3. The number of pyridine rings is 1. The molecule has 2 aromatic carbocycles. The maximum atomic E-state index is 11.7. The Kier molecular flexibility index (Phi) is 8.18. The summed E-state index contributed by atoms with van der Waals surface area (Å²) < 4.78 is 5.45. The number of ether oxygens (including phenoxy) is 1. The number of amides is 1. The van der Waals surface area contributed by atoms with Gasteiger partial charge in [0.05, 0.1) is 19.6 Å². The highest BCUT2D eigenvalue weighted by atomic mass is 16.5. The average molecular weight is 501 g/mol. The molecule has 2 aliphatic rings. The molecule has 1 amide bonds. The van der Waals surface area contributed by atoms with E-state index in [1.54, 1.807) is 6.20 Å². The third kappa shape index (κ3) is 6.78. The van der Waals surface area contributed by atoms with Gasteiger partial charge in [-0.1, -0.05) is 30.3 Å². The smallest absolute Gasteiger partial charge is 0.221 e. The number of benzene rings is 2. The molecule has 2 saturated heterocycles. The van der Waals surface area contributed by atoms with Crippen molar-refractivity contribution < 1.29 is 9.53 Å². The molecule has 0 spiro atoms. The zero-order chi connectivity index (χ0) is 25.5. The van der Waals surface area contributed by atoms with E-state index in [-0.39, 0.29) is 12.3 Å². The normalized spacial score (nSPS) is 18.1. The van der Waals surface area contributed by atoms with E-state index in [9.17, 15) is 4.79 Å². The van der Waals surface area contributed by atoms with Gasteiger partial charge in [0.1, 0.15) is 5.82 Å². The van der Waals surface area contributed by atoms with E-state index >= 15 is 0 Å². The van der Waals surface area contributed by atoms with Crippen molar-refractivity contribution in [3.05, 3.63) is 78.0 Å². The summed E-state index contributed by atoms with van der Waals surface area (Å²) in [7, 11) is 0. The van der Waals surface area contributed by atoms with Crippen molar-refractivity contribution in [2.45, 2.75) is 31.8 Å². The van der Waals surface area contributed by atoms with Crippen LogP contribution in [0.4, 0.5) is 22.9 Å². The Labute approximate surface area is 218 Å². The predicted octanol–water partition coefficient (Wildman–Crippen LogP) is 3.77. The highest BCUT2D eigenvalue weighted by Gasteiger charge is 2.24. The average Bonchev–Trinajstić information content (AvgIpc) is 3.36. The quantitative estimate of drug-likeness (QED) is 0.390. The Bertz CT molecular complexity index is 1160.